The zero-order valence-electron chi connectivity index (χ0n) is 6.04. The Morgan fingerprint density at radius 1 is 1.50 bits per heavy atom. The van der Waals surface area contributed by atoms with Crippen molar-refractivity contribution in [2.45, 2.75) is 18.9 Å². The molecule has 0 aromatic rings. The van der Waals surface area contributed by atoms with E-state index in [9.17, 15) is 18.6 Å². The van der Waals surface area contributed by atoms with Crippen LogP contribution in [-0.2, 0) is 9.59 Å². The highest BCUT2D eigenvalue weighted by molar-refractivity contribution is 5.76. The molecule has 0 unspecified atom stereocenters. The molecule has 0 aliphatic carbocycles. The minimum Gasteiger partial charge on any atom is -0.480 e. The summed E-state index contributed by atoms with van der Waals surface area (Å²) in [6.07, 6.45) is -0.862. The predicted molar refractivity (Wildman–Crippen MR) is 33.9 cm³/mol. The van der Waals surface area contributed by atoms with Crippen molar-refractivity contribution in [1.29, 1.82) is 0 Å². The lowest BCUT2D eigenvalue weighted by Gasteiger charge is -2.09. The van der Waals surface area contributed by atoms with Crippen LogP contribution in [0.4, 0.5) is 8.96 Å². The van der Waals surface area contributed by atoms with Crippen molar-refractivity contribution in [1.82, 2.24) is 5.34 Å². The Kier molecular flexibility index (Phi) is 4.12. The fourth-order valence-corrected chi connectivity index (χ4v) is 0.584. The molecule has 0 saturated carbocycles. The molecule has 0 radical (unpaired) electrons. The molecule has 0 bridgehead atoms. The van der Waals surface area contributed by atoms with Crippen LogP contribution in [0.15, 0.2) is 0 Å². The third-order valence-electron chi connectivity index (χ3n) is 1.18. The Morgan fingerprint density at radius 2 is 2.00 bits per heavy atom. The van der Waals surface area contributed by atoms with E-state index in [0.29, 0.717) is 0 Å². The lowest BCUT2D eigenvalue weighted by molar-refractivity contribution is -0.202. The monoisotopic (exact) mass is 182 g/mol. The average molecular weight is 182 g/mol. The van der Waals surface area contributed by atoms with Gasteiger partial charge in [-0.2, -0.15) is 0 Å². The van der Waals surface area contributed by atoms with Gasteiger partial charge in [0.1, 0.15) is 0 Å². The molecule has 0 heterocycles. The molecule has 0 spiro atoms. The standard InChI is InChI=1S/C5H8F2N2O3/c6-9(7)3(5(11)12)1-2-4(8)10/h3H,1-2H2,(H2,8,10)(H,11,12)/t3-/m0/s1. The fourth-order valence-electron chi connectivity index (χ4n) is 0.584. The van der Waals surface area contributed by atoms with Gasteiger partial charge in [0.2, 0.25) is 5.91 Å². The van der Waals surface area contributed by atoms with Crippen LogP contribution in [0, 0.1) is 0 Å². The van der Waals surface area contributed by atoms with E-state index in [1.165, 1.54) is 0 Å². The van der Waals surface area contributed by atoms with Gasteiger partial charge in [-0.15, -0.1) is 8.96 Å². The number of nitrogens with zero attached hydrogens (tertiary/aromatic N) is 1. The summed E-state index contributed by atoms with van der Waals surface area (Å²) in [5.41, 5.74) is 4.65. The molecule has 70 valence electrons. The van der Waals surface area contributed by atoms with Gasteiger partial charge in [-0.3, -0.25) is 9.59 Å². The Hall–Kier alpha value is -1.24. The molecule has 0 aromatic heterocycles. The maximum absolute atomic E-state index is 11.7. The number of hydrogen-bond acceptors (Lipinski definition) is 3. The first-order valence-electron chi connectivity index (χ1n) is 3.07. The van der Waals surface area contributed by atoms with Gasteiger partial charge in [-0.1, -0.05) is 0 Å². The maximum atomic E-state index is 11.7. The molecule has 0 fully saturated rings. The van der Waals surface area contributed by atoms with Gasteiger partial charge in [-0.05, 0) is 6.42 Å². The second-order valence-corrected chi connectivity index (χ2v) is 2.12. The Balaban J connectivity index is 3.97. The lowest BCUT2D eigenvalue weighted by Crippen LogP contribution is -2.31. The highest BCUT2D eigenvalue weighted by Crippen LogP contribution is 2.08. The number of carboxylic acids is 1. The molecule has 0 rings (SSSR count). The van der Waals surface area contributed by atoms with E-state index in [4.69, 9.17) is 5.11 Å². The molecular formula is C5H8F2N2O3. The second-order valence-electron chi connectivity index (χ2n) is 2.12. The Morgan fingerprint density at radius 3 is 2.25 bits per heavy atom. The van der Waals surface area contributed by atoms with Gasteiger partial charge in [0.05, 0.1) is 0 Å². The number of carboxylic acid groups (broad SMARTS) is 1. The molecule has 0 aromatic carbocycles. The van der Waals surface area contributed by atoms with Crippen molar-refractivity contribution in [2.75, 3.05) is 0 Å². The summed E-state index contributed by atoms with van der Waals surface area (Å²) in [5.74, 6) is -2.48. The minimum atomic E-state index is -1.96. The van der Waals surface area contributed by atoms with Crippen molar-refractivity contribution < 1.29 is 23.7 Å². The summed E-state index contributed by atoms with van der Waals surface area (Å²) in [7, 11) is 0. The molecule has 7 heteroatoms. The molecule has 12 heavy (non-hydrogen) atoms. The number of aliphatic carboxylic acids is 1. The van der Waals surface area contributed by atoms with Crippen LogP contribution >= 0.6 is 0 Å². The summed E-state index contributed by atoms with van der Waals surface area (Å²) in [5, 5.41) is 6.73. The van der Waals surface area contributed by atoms with E-state index < -0.39 is 29.7 Å². The van der Waals surface area contributed by atoms with Crippen LogP contribution in [0.25, 0.3) is 0 Å². The van der Waals surface area contributed by atoms with Crippen LogP contribution in [-0.4, -0.2) is 28.4 Å². The number of primary amides is 1. The van der Waals surface area contributed by atoms with Crippen molar-refractivity contribution in [3.8, 4) is 0 Å². The normalized spacial score (nSPS) is 12.9. The zero-order chi connectivity index (χ0) is 9.72. The Bertz CT molecular complexity index is 186. The van der Waals surface area contributed by atoms with Gasteiger partial charge in [-0.25, -0.2) is 0 Å². The molecule has 5 nitrogen and oxygen atoms in total. The Labute approximate surface area is 66.6 Å². The fraction of sp³-hybridized carbons (Fsp3) is 0.600. The topological polar surface area (TPSA) is 83.6 Å². The molecule has 1 atom stereocenters. The SMILES string of the molecule is NC(=O)CC[C@@H](C(=O)O)N(F)F. The lowest BCUT2D eigenvalue weighted by atomic mass is 10.1. The van der Waals surface area contributed by atoms with Crippen LogP contribution in [0.5, 0.6) is 0 Å². The van der Waals surface area contributed by atoms with Gasteiger partial charge < -0.3 is 10.8 Å². The van der Waals surface area contributed by atoms with Crippen LogP contribution in [0.2, 0.25) is 0 Å². The maximum Gasteiger partial charge on any atom is 0.326 e. The van der Waals surface area contributed by atoms with E-state index in [2.05, 4.69) is 5.73 Å². The first-order valence-corrected chi connectivity index (χ1v) is 3.07. The molecule has 1 amide bonds. The number of nitrogens with two attached hydrogens (primary N) is 1. The van der Waals surface area contributed by atoms with E-state index in [1.54, 1.807) is 0 Å². The van der Waals surface area contributed by atoms with Gasteiger partial charge in [0.25, 0.3) is 0 Å². The first-order chi connectivity index (χ1) is 5.45. The third kappa shape index (κ3) is 3.81. The van der Waals surface area contributed by atoms with Crippen molar-refractivity contribution in [3.63, 3.8) is 0 Å². The summed E-state index contributed by atoms with van der Waals surface area (Å²) in [6, 6.07) is -1.96. The number of rotatable bonds is 5. The van der Waals surface area contributed by atoms with Crippen LogP contribution < -0.4 is 5.73 Å². The molecule has 0 saturated heterocycles. The third-order valence-corrected chi connectivity index (χ3v) is 1.18. The smallest absolute Gasteiger partial charge is 0.326 e. The van der Waals surface area contributed by atoms with Gasteiger partial charge >= 0.3 is 5.97 Å². The zero-order valence-corrected chi connectivity index (χ0v) is 6.04. The van der Waals surface area contributed by atoms with E-state index in [1.807, 2.05) is 0 Å². The number of halogens is 2. The molecule has 0 aliphatic heterocycles. The average Bonchev–Trinajstić information content (AvgIpc) is 1.84. The van der Waals surface area contributed by atoms with E-state index in [0.717, 1.165) is 0 Å². The van der Waals surface area contributed by atoms with Crippen molar-refractivity contribution in [3.05, 3.63) is 0 Å². The van der Waals surface area contributed by atoms with Crippen molar-refractivity contribution >= 4 is 11.9 Å². The van der Waals surface area contributed by atoms with Crippen molar-refractivity contribution in [2.24, 2.45) is 5.73 Å². The number of hydrogen-bond donors (Lipinski definition) is 2. The highest BCUT2D eigenvalue weighted by atomic mass is 19.4. The molecule has 0 aliphatic rings. The largest absolute Gasteiger partial charge is 0.480 e. The number of amides is 1. The summed E-state index contributed by atoms with van der Waals surface area (Å²) in [6.45, 7) is 0. The quantitative estimate of drug-likeness (QED) is 0.575. The van der Waals surface area contributed by atoms with Gasteiger partial charge in [0, 0.05) is 11.8 Å². The first kappa shape index (κ1) is 10.8. The molecular weight excluding hydrogens is 174 g/mol. The van der Waals surface area contributed by atoms with Gasteiger partial charge in [0.15, 0.2) is 6.04 Å². The van der Waals surface area contributed by atoms with E-state index >= 15 is 0 Å². The summed E-state index contributed by atoms with van der Waals surface area (Å²) in [4.78, 5) is 20.2. The second kappa shape index (κ2) is 4.60. The highest BCUT2D eigenvalue weighted by Gasteiger charge is 2.26. The summed E-state index contributed by atoms with van der Waals surface area (Å²) < 4.78 is 23.4. The minimum absolute atomic E-state index is 0.374. The summed E-state index contributed by atoms with van der Waals surface area (Å²) >= 11 is 0. The number of carbonyl (C=O) groups is 2. The van der Waals surface area contributed by atoms with E-state index in [-0.39, 0.29) is 6.42 Å². The molecule has 3 N–H and O–H groups in total. The van der Waals surface area contributed by atoms with Crippen LogP contribution in [0.3, 0.4) is 0 Å². The predicted octanol–water partition coefficient (Wildman–Crippen LogP) is -0.224. The number of carbonyl (C=O) groups excluding carboxylic acids is 1. The van der Waals surface area contributed by atoms with Crippen LogP contribution in [0.1, 0.15) is 12.8 Å².